The van der Waals surface area contributed by atoms with Crippen molar-refractivity contribution in [3.05, 3.63) is 24.3 Å². The van der Waals surface area contributed by atoms with Gasteiger partial charge in [0.25, 0.3) is 0 Å². The Morgan fingerprint density at radius 3 is 2.96 bits per heavy atom. The lowest BCUT2D eigenvalue weighted by Crippen LogP contribution is -2.49. The highest BCUT2D eigenvalue weighted by Gasteiger charge is 2.29. The van der Waals surface area contributed by atoms with Gasteiger partial charge >= 0.3 is 0 Å². The van der Waals surface area contributed by atoms with Crippen LogP contribution in [0, 0.1) is 0 Å². The Hall–Kier alpha value is -2.08. The molecule has 0 radical (unpaired) electrons. The second kappa shape index (κ2) is 7.00. The van der Waals surface area contributed by atoms with Crippen LogP contribution < -0.4 is 9.64 Å². The van der Waals surface area contributed by atoms with E-state index in [1.807, 2.05) is 31.2 Å². The number of benzene rings is 1. The van der Waals surface area contributed by atoms with E-state index >= 15 is 0 Å². The number of ether oxygens (including phenoxy) is 2. The Balaban J connectivity index is 1.75. The monoisotopic (exact) mass is 318 g/mol. The van der Waals surface area contributed by atoms with Crippen molar-refractivity contribution in [3.8, 4) is 5.75 Å². The molecule has 0 saturated carbocycles. The number of carbonyl (C=O) groups is 2. The second-order valence-electron chi connectivity index (χ2n) is 5.79. The van der Waals surface area contributed by atoms with Gasteiger partial charge in [-0.15, -0.1) is 0 Å². The van der Waals surface area contributed by atoms with E-state index in [2.05, 4.69) is 0 Å². The molecule has 3 rings (SSSR count). The summed E-state index contributed by atoms with van der Waals surface area (Å²) in [5.41, 5.74) is 0.670. The highest BCUT2D eigenvalue weighted by molar-refractivity contribution is 6.00. The third kappa shape index (κ3) is 3.47. The number of carbonyl (C=O) groups excluding carboxylic acids is 2. The lowest BCUT2D eigenvalue weighted by Gasteiger charge is -2.34. The van der Waals surface area contributed by atoms with Crippen molar-refractivity contribution in [2.45, 2.75) is 25.9 Å². The van der Waals surface area contributed by atoms with Gasteiger partial charge in [-0.2, -0.15) is 0 Å². The quantitative estimate of drug-likeness (QED) is 0.846. The van der Waals surface area contributed by atoms with Crippen LogP contribution in [0.25, 0.3) is 0 Å². The third-order valence-corrected chi connectivity index (χ3v) is 4.27. The molecule has 0 N–H and O–H groups in total. The Morgan fingerprint density at radius 2 is 2.13 bits per heavy atom. The first-order valence-corrected chi connectivity index (χ1v) is 8.10. The number of anilines is 1. The van der Waals surface area contributed by atoms with Crippen LogP contribution in [0.5, 0.6) is 5.75 Å². The van der Waals surface area contributed by atoms with E-state index < -0.39 is 0 Å². The molecule has 2 aliphatic heterocycles. The van der Waals surface area contributed by atoms with Crippen LogP contribution in [0.2, 0.25) is 0 Å². The molecule has 1 saturated heterocycles. The van der Waals surface area contributed by atoms with E-state index in [0.717, 1.165) is 6.42 Å². The maximum Gasteiger partial charge on any atom is 0.242 e. The van der Waals surface area contributed by atoms with Crippen LogP contribution in [0.4, 0.5) is 5.69 Å². The minimum absolute atomic E-state index is 0.0446. The molecule has 2 heterocycles. The summed E-state index contributed by atoms with van der Waals surface area (Å²) >= 11 is 0. The van der Waals surface area contributed by atoms with Gasteiger partial charge in [-0.25, -0.2) is 0 Å². The van der Waals surface area contributed by atoms with E-state index in [0.29, 0.717) is 37.7 Å². The number of rotatable bonds is 3. The summed E-state index contributed by atoms with van der Waals surface area (Å²) in [6.45, 7) is 4.17. The van der Waals surface area contributed by atoms with Gasteiger partial charge in [-0.05, 0) is 18.6 Å². The summed E-state index contributed by atoms with van der Waals surface area (Å²) in [6.07, 6.45) is 1.24. The van der Waals surface area contributed by atoms with E-state index in [1.54, 1.807) is 9.80 Å². The molecule has 0 unspecified atom stereocenters. The zero-order valence-corrected chi connectivity index (χ0v) is 13.4. The summed E-state index contributed by atoms with van der Waals surface area (Å²) in [7, 11) is 0. The molecule has 0 aliphatic carbocycles. The Bertz CT molecular complexity index is 590. The van der Waals surface area contributed by atoms with E-state index in [1.165, 1.54) is 0 Å². The molecule has 1 aromatic rings. The van der Waals surface area contributed by atoms with Crippen molar-refractivity contribution in [3.63, 3.8) is 0 Å². The molecule has 0 aromatic heterocycles. The fourth-order valence-corrected chi connectivity index (χ4v) is 2.92. The van der Waals surface area contributed by atoms with Gasteiger partial charge in [0.15, 0.2) is 0 Å². The highest BCUT2D eigenvalue weighted by atomic mass is 16.5. The van der Waals surface area contributed by atoms with Gasteiger partial charge in [-0.1, -0.05) is 19.1 Å². The summed E-state index contributed by atoms with van der Waals surface area (Å²) < 4.78 is 11.2. The van der Waals surface area contributed by atoms with E-state index in [-0.39, 0.29) is 30.9 Å². The maximum atomic E-state index is 12.6. The molecule has 2 aliphatic rings. The number of hydrogen-bond acceptors (Lipinski definition) is 4. The molecule has 1 fully saturated rings. The third-order valence-electron chi connectivity index (χ3n) is 4.27. The molecular weight excluding hydrogens is 296 g/mol. The molecule has 124 valence electrons. The number of morpholine rings is 1. The Morgan fingerprint density at radius 1 is 1.30 bits per heavy atom. The Kier molecular flexibility index (Phi) is 4.81. The van der Waals surface area contributed by atoms with Gasteiger partial charge in [0.1, 0.15) is 12.3 Å². The van der Waals surface area contributed by atoms with Gasteiger partial charge in [0.2, 0.25) is 11.8 Å². The summed E-state index contributed by atoms with van der Waals surface area (Å²) in [5.74, 6) is 0.528. The highest BCUT2D eigenvalue weighted by Crippen LogP contribution is 2.30. The van der Waals surface area contributed by atoms with Crippen LogP contribution >= 0.6 is 0 Å². The van der Waals surface area contributed by atoms with Crippen molar-refractivity contribution in [1.82, 2.24) is 4.90 Å². The van der Waals surface area contributed by atoms with Crippen molar-refractivity contribution >= 4 is 17.5 Å². The molecule has 1 aromatic carbocycles. The van der Waals surface area contributed by atoms with Crippen LogP contribution in [0.1, 0.15) is 19.8 Å². The minimum atomic E-state index is -0.0800. The first kappa shape index (κ1) is 15.8. The predicted molar refractivity (Wildman–Crippen MR) is 85.5 cm³/mol. The lowest BCUT2D eigenvalue weighted by atomic mass is 10.2. The molecule has 2 amide bonds. The molecule has 0 spiro atoms. The first-order valence-electron chi connectivity index (χ1n) is 8.10. The number of nitrogens with zero attached hydrogens (tertiary/aromatic N) is 2. The maximum absolute atomic E-state index is 12.6. The minimum Gasteiger partial charge on any atom is -0.491 e. The van der Waals surface area contributed by atoms with Gasteiger partial charge in [0.05, 0.1) is 31.4 Å². The van der Waals surface area contributed by atoms with Crippen LogP contribution in [-0.4, -0.2) is 55.7 Å². The zero-order chi connectivity index (χ0) is 16.2. The number of para-hydroxylation sites is 2. The summed E-state index contributed by atoms with van der Waals surface area (Å²) in [4.78, 5) is 28.3. The van der Waals surface area contributed by atoms with Crippen molar-refractivity contribution in [2.75, 3.05) is 37.7 Å². The molecule has 23 heavy (non-hydrogen) atoms. The standard InChI is InChI=1S/C17H22N2O4/c1-2-13-11-18(8-10-22-13)17(21)12-19-14-5-3-4-6-15(14)23-9-7-16(19)20/h3-6,13H,2,7-12H2,1H3/t13-/m1/s1. The molecule has 6 nitrogen and oxygen atoms in total. The topological polar surface area (TPSA) is 59.1 Å². The van der Waals surface area contributed by atoms with Crippen molar-refractivity contribution in [2.24, 2.45) is 0 Å². The van der Waals surface area contributed by atoms with Crippen molar-refractivity contribution < 1.29 is 19.1 Å². The number of hydrogen-bond donors (Lipinski definition) is 0. The van der Waals surface area contributed by atoms with Gasteiger partial charge in [0, 0.05) is 13.1 Å². The van der Waals surface area contributed by atoms with Crippen molar-refractivity contribution in [1.29, 1.82) is 0 Å². The number of amides is 2. The van der Waals surface area contributed by atoms with Gasteiger partial charge < -0.3 is 14.4 Å². The lowest BCUT2D eigenvalue weighted by molar-refractivity contribution is -0.138. The summed E-state index contributed by atoms with van der Waals surface area (Å²) in [5, 5.41) is 0. The van der Waals surface area contributed by atoms with E-state index in [4.69, 9.17) is 9.47 Å². The summed E-state index contributed by atoms with van der Waals surface area (Å²) in [6, 6.07) is 7.36. The molecular formula is C17H22N2O4. The fraction of sp³-hybridized carbons (Fsp3) is 0.529. The smallest absolute Gasteiger partial charge is 0.242 e. The molecule has 6 heteroatoms. The average Bonchev–Trinajstić information content (AvgIpc) is 2.74. The first-order chi connectivity index (χ1) is 11.2. The Labute approximate surface area is 136 Å². The SMILES string of the molecule is CC[C@@H]1CN(C(=O)CN2C(=O)CCOc3ccccc32)CCO1. The van der Waals surface area contributed by atoms with Crippen LogP contribution in [0.3, 0.4) is 0 Å². The average molecular weight is 318 g/mol. The largest absolute Gasteiger partial charge is 0.491 e. The van der Waals surface area contributed by atoms with E-state index in [9.17, 15) is 9.59 Å². The van der Waals surface area contributed by atoms with Crippen LogP contribution in [0.15, 0.2) is 24.3 Å². The predicted octanol–water partition coefficient (Wildman–Crippen LogP) is 1.44. The molecule has 1 atom stereocenters. The fourth-order valence-electron chi connectivity index (χ4n) is 2.92. The zero-order valence-electron chi connectivity index (χ0n) is 13.4. The number of fused-ring (bicyclic) bond motifs is 1. The van der Waals surface area contributed by atoms with Gasteiger partial charge in [-0.3, -0.25) is 14.5 Å². The normalized spacial score (nSPS) is 21.4. The molecule has 0 bridgehead atoms. The van der Waals surface area contributed by atoms with Crippen LogP contribution in [-0.2, 0) is 14.3 Å². The second-order valence-corrected chi connectivity index (χ2v) is 5.79.